The van der Waals surface area contributed by atoms with Crippen LogP contribution in [0.4, 0.5) is 5.69 Å². The minimum absolute atomic E-state index is 0.695. The molecule has 102 valence electrons. The van der Waals surface area contributed by atoms with E-state index < -0.39 is 0 Å². The van der Waals surface area contributed by atoms with Crippen LogP contribution in [0.25, 0.3) is 16.5 Å². The third-order valence-corrected chi connectivity index (χ3v) is 4.03. The summed E-state index contributed by atoms with van der Waals surface area (Å²) in [7, 11) is 0. The maximum Gasteiger partial charge on any atom is 0.0848 e. The molecular formula is C15H15ClN4. The van der Waals surface area contributed by atoms with E-state index in [0.717, 1.165) is 33.5 Å². The van der Waals surface area contributed by atoms with Gasteiger partial charge in [0.25, 0.3) is 0 Å². The van der Waals surface area contributed by atoms with Gasteiger partial charge in [-0.25, -0.2) is 4.68 Å². The van der Waals surface area contributed by atoms with E-state index in [-0.39, 0.29) is 0 Å². The lowest BCUT2D eigenvalue weighted by atomic mass is 10.1. The minimum atomic E-state index is 0.695. The third kappa shape index (κ3) is 1.84. The second-order valence-corrected chi connectivity index (χ2v) is 5.32. The molecule has 2 heterocycles. The summed E-state index contributed by atoms with van der Waals surface area (Å²) in [5.41, 5.74) is 10.4. The molecule has 0 saturated carbocycles. The van der Waals surface area contributed by atoms with Gasteiger partial charge in [-0.1, -0.05) is 11.6 Å². The van der Waals surface area contributed by atoms with Crippen molar-refractivity contribution >= 4 is 28.1 Å². The molecule has 0 radical (unpaired) electrons. The number of fused-ring (bicyclic) bond motifs is 1. The number of benzene rings is 1. The van der Waals surface area contributed by atoms with Crippen LogP contribution in [-0.2, 0) is 0 Å². The van der Waals surface area contributed by atoms with Crippen LogP contribution in [0.3, 0.4) is 0 Å². The fourth-order valence-electron chi connectivity index (χ4n) is 2.39. The van der Waals surface area contributed by atoms with E-state index in [4.69, 9.17) is 17.3 Å². The molecule has 5 heteroatoms. The Morgan fingerprint density at radius 3 is 2.55 bits per heavy atom. The molecule has 0 aliphatic carbocycles. The standard InChI is InChI=1S/C15H15ClN4/c1-8-6-11-12(7-18-8)13(17)4-5-14(11)20-10(3)15(16)9(2)19-20/h4-7H,17H2,1-3H3. The number of rotatable bonds is 1. The van der Waals surface area contributed by atoms with Crippen molar-refractivity contribution in [3.63, 3.8) is 0 Å². The van der Waals surface area contributed by atoms with Gasteiger partial charge in [-0.15, -0.1) is 0 Å². The first-order valence-corrected chi connectivity index (χ1v) is 6.73. The maximum atomic E-state index is 6.24. The lowest BCUT2D eigenvalue weighted by Crippen LogP contribution is -2.02. The van der Waals surface area contributed by atoms with Crippen LogP contribution in [0.15, 0.2) is 24.4 Å². The largest absolute Gasteiger partial charge is 0.398 e. The van der Waals surface area contributed by atoms with Crippen LogP contribution < -0.4 is 5.73 Å². The molecule has 0 amide bonds. The topological polar surface area (TPSA) is 56.7 Å². The molecule has 0 fully saturated rings. The van der Waals surface area contributed by atoms with Crippen LogP contribution in [0.2, 0.25) is 5.02 Å². The van der Waals surface area contributed by atoms with Crippen molar-refractivity contribution < 1.29 is 0 Å². The molecule has 0 spiro atoms. The minimum Gasteiger partial charge on any atom is -0.398 e. The second-order valence-electron chi connectivity index (χ2n) is 4.94. The average Bonchev–Trinajstić information content (AvgIpc) is 2.67. The Morgan fingerprint density at radius 2 is 1.90 bits per heavy atom. The quantitative estimate of drug-likeness (QED) is 0.696. The number of hydrogen-bond donors (Lipinski definition) is 1. The molecule has 0 unspecified atom stereocenters. The maximum absolute atomic E-state index is 6.24. The van der Waals surface area contributed by atoms with Crippen molar-refractivity contribution in [2.24, 2.45) is 0 Å². The molecule has 0 atom stereocenters. The molecule has 2 N–H and O–H groups in total. The van der Waals surface area contributed by atoms with Gasteiger partial charge in [0.1, 0.15) is 0 Å². The SMILES string of the molecule is Cc1cc2c(-n3nc(C)c(Cl)c3C)ccc(N)c2cn1. The highest BCUT2D eigenvalue weighted by Crippen LogP contribution is 2.30. The highest BCUT2D eigenvalue weighted by atomic mass is 35.5. The fourth-order valence-corrected chi connectivity index (χ4v) is 2.51. The van der Waals surface area contributed by atoms with Gasteiger partial charge in [0.2, 0.25) is 0 Å². The fraction of sp³-hybridized carbons (Fsp3) is 0.200. The molecule has 0 bridgehead atoms. The van der Waals surface area contributed by atoms with Gasteiger partial charge in [-0.3, -0.25) is 4.98 Å². The lowest BCUT2D eigenvalue weighted by Gasteiger charge is -2.11. The summed E-state index contributed by atoms with van der Waals surface area (Å²) in [4.78, 5) is 4.31. The smallest absolute Gasteiger partial charge is 0.0848 e. The van der Waals surface area contributed by atoms with E-state index in [9.17, 15) is 0 Å². The molecule has 1 aromatic carbocycles. The molecule has 20 heavy (non-hydrogen) atoms. The zero-order valence-electron chi connectivity index (χ0n) is 11.6. The summed E-state index contributed by atoms with van der Waals surface area (Å²) in [6, 6.07) is 5.86. The Morgan fingerprint density at radius 1 is 1.15 bits per heavy atom. The number of aryl methyl sites for hydroxylation is 2. The predicted molar refractivity (Wildman–Crippen MR) is 82.5 cm³/mol. The normalized spacial score (nSPS) is 11.2. The molecule has 3 aromatic rings. The Balaban J connectivity index is 2.39. The Hall–Kier alpha value is -2.07. The number of halogens is 1. The Bertz CT molecular complexity index is 820. The van der Waals surface area contributed by atoms with Crippen LogP contribution in [-0.4, -0.2) is 14.8 Å². The van der Waals surface area contributed by atoms with Gasteiger partial charge in [0.15, 0.2) is 0 Å². The third-order valence-electron chi connectivity index (χ3n) is 3.48. The summed E-state index contributed by atoms with van der Waals surface area (Å²) >= 11 is 6.24. The molecule has 0 saturated heterocycles. The number of nitrogens with zero attached hydrogens (tertiary/aromatic N) is 3. The summed E-state index contributed by atoms with van der Waals surface area (Å²) in [6.45, 7) is 5.82. The van der Waals surface area contributed by atoms with Crippen LogP contribution in [0.1, 0.15) is 17.1 Å². The molecule has 0 aliphatic heterocycles. The Labute approximate surface area is 122 Å². The molecular weight excluding hydrogens is 272 g/mol. The van der Waals surface area contributed by atoms with Crippen molar-refractivity contribution in [3.8, 4) is 5.69 Å². The van der Waals surface area contributed by atoms with E-state index in [1.165, 1.54) is 0 Å². The number of nitrogen functional groups attached to an aromatic ring is 1. The first kappa shape index (κ1) is 12.9. The summed E-state index contributed by atoms with van der Waals surface area (Å²) < 4.78 is 1.86. The van der Waals surface area contributed by atoms with Crippen molar-refractivity contribution in [1.82, 2.24) is 14.8 Å². The summed E-state index contributed by atoms with van der Waals surface area (Å²) in [6.07, 6.45) is 1.80. The van der Waals surface area contributed by atoms with Gasteiger partial charge < -0.3 is 5.73 Å². The van der Waals surface area contributed by atoms with Gasteiger partial charge in [-0.05, 0) is 39.0 Å². The van der Waals surface area contributed by atoms with Gasteiger partial charge >= 0.3 is 0 Å². The Kier molecular flexibility index (Phi) is 2.91. The van der Waals surface area contributed by atoms with E-state index in [1.807, 2.05) is 43.7 Å². The number of aromatic nitrogens is 3. The first-order valence-electron chi connectivity index (χ1n) is 6.36. The van der Waals surface area contributed by atoms with Gasteiger partial charge in [0.05, 0.1) is 22.1 Å². The lowest BCUT2D eigenvalue weighted by molar-refractivity contribution is 0.839. The predicted octanol–water partition coefficient (Wildman–Crippen LogP) is 3.58. The molecule has 0 aliphatic rings. The van der Waals surface area contributed by atoms with E-state index in [0.29, 0.717) is 10.7 Å². The van der Waals surface area contributed by atoms with Gasteiger partial charge in [0, 0.05) is 28.4 Å². The van der Waals surface area contributed by atoms with E-state index in [2.05, 4.69) is 10.1 Å². The zero-order chi connectivity index (χ0) is 14.4. The van der Waals surface area contributed by atoms with Crippen molar-refractivity contribution in [3.05, 3.63) is 46.5 Å². The molecule has 4 nitrogen and oxygen atoms in total. The summed E-state index contributed by atoms with van der Waals surface area (Å²) in [5, 5.41) is 7.16. The number of pyridine rings is 1. The zero-order valence-corrected chi connectivity index (χ0v) is 12.4. The highest BCUT2D eigenvalue weighted by molar-refractivity contribution is 6.31. The van der Waals surface area contributed by atoms with Crippen LogP contribution in [0, 0.1) is 20.8 Å². The number of anilines is 1. The number of nitrogens with two attached hydrogens (primary N) is 1. The van der Waals surface area contributed by atoms with E-state index >= 15 is 0 Å². The highest BCUT2D eigenvalue weighted by Gasteiger charge is 2.14. The van der Waals surface area contributed by atoms with Crippen LogP contribution >= 0.6 is 11.6 Å². The number of hydrogen-bond acceptors (Lipinski definition) is 3. The van der Waals surface area contributed by atoms with E-state index in [1.54, 1.807) is 6.20 Å². The molecule has 2 aromatic heterocycles. The monoisotopic (exact) mass is 286 g/mol. The first-order chi connectivity index (χ1) is 9.49. The van der Waals surface area contributed by atoms with Crippen molar-refractivity contribution in [1.29, 1.82) is 0 Å². The second kappa shape index (κ2) is 4.49. The molecule has 3 rings (SSSR count). The average molecular weight is 287 g/mol. The van der Waals surface area contributed by atoms with Crippen molar-refractivity contribution in [2.45, 2.75) is 20.8 Å². The van der Waals surface area contributed by atoms with Crippen LogP contribution in [0.5, 0.6) is 0 Å². The van der Waals surface area contributed by atoms with Gasteiger partial charge in [-0.2, -0.15) is 5.10 Å². The van der Waals surface area contributed by atoms with Crippen molar-refractivity contribution in [2.75, 3.05) is 5.73 Å². The summed E-state index contributed by atoms with van der Waals surface area (Å²) in [5.74, 6) is 0.